The molecule has 4 nitrogen and oxygen atoms in total. The van der Waals surface area contributed by atoms with Gasteiger partial charge < -0.3 is 9.84 Å². The van der Waals surface area contributed by atoms with Crippen molar-refractivity contribution < 1.29 is 8.91 Å². The van der Waals surface area contributed by atoms with Crippen LogP contribution in [0.2, 0.25) is 0 Å². The molecule has 0 fully saturated rings. The van der Waals surface area contributed by atoms with Gasteiger partial charge in [0.2, 0.25) is 11.7 Å². The highest BCUT2D eigenvalue weighted by molar-refractivity contribution is 9.10. The van der Waals surface area contributed by atoms with E-state index < -0.39 is 0 Å². The topological polar surface area (TPSA) is 51.0 Å². The average molecular weight is 314 g/mol. The van der Waals surface area contributed by atoms with E-state index in [-0.39, 0.29) is 11.9 Å². The molecule has 1 aromatic carbocycles. The summed E-state index contributed by atoms with van der Waals surface area (Å²) in [5.41, 5.74) is 0.718. The van der Waals surface area contributed by atoms with Crippen LogP contribution < -0.4 is 5.32 Å². The van der Waals surface area contributed by atoms with Crippen molar-refractivity contribution >= 4 is 15.9 Å². The van der Waals surface area contributed by atoms with Crippen molar-refractivity contribution in [3.8, 4) is 11.4 Å². The monoisotopic (exact) mass is 313 g/mol. The molecule has 0 saturated carbocycles. The fourth-order valence-electron chi connectivity index (χ4n) is 1.45. The highest BCUT2D eigenvalue weighted by atomic mass is 79.9. The Balaban J connectivity index is 2.21. The van der Waals surface area contributed by atoms with Crippen LogP contribution in [0.5, 0.6) is 0 Å². The molecule has 0 spiro atoms. The van der Waals surface area contributed by atoms with Gasteiger partial charge in [-0.3, -0.25) is 0 Å². The minimum absolute atomic E-state index is 0.262. The minimum Gasteiger partial charge on any atom is -0.339 e. The van der Waals surface area contributed by atoms with E-state index in [1.54, 1.807) is 12.1 Å². The van der Waals surface area contributed by atoms with Crippen LogP contribution >= 0.6 is 15.9 Å². The number of halogens is 2. The van der Waals surface area contributed by atoms with Crippen LogP contribution in [0.15, 0.2) is 27.2 Å². The number of likely N-dealkylation sites (N-methyl/N-ethyl adjacent to an activating group) is 1. The van der Waals surface area contributed by atoms with Crippen LogP contribution in [0, 0.1) is 5.82 Å². The predicted octanol–water partition coefficient (Wildman–Crippen LogP) is 2.79. The highest BCUT2D eigenvalue weighted by Gasteiger charge is 2.12. The maximum atomic E-state index is 13.1. The van der Waals surface area contributed by atoms with Gasteiger partial charge in [-0.1, -0.05) is 5.16 Å². The van der Waals surface area contributed by atoms with Crippen LogP contribution in [0.4, 0.5) is 4.39 Å². The highest BCUT2D eigenvalue weighted by Crippen LogP contribution is 2.23. The molecule has 1 N–H and O–H groups in total. The predicted molar refractivity (Wildman–Crippen MR) is 69.6 cm³/mol. The summed E-state index contributed by atoms with van der Waals surface area (Å²) in [5.74, 6) is 0.715. The van der Waals surface area contributed by atoms with Gasteiger partial charge in [0.15, 0.2) is 0 Å². The molecular weight excluding hydrogens is 301 g/mol. The number of benzene rings is 1. The van der Waals surface area contributed by atoms with Crippen molar-refractivity contribution in [3.05, 3.63) is 34.4 Å². The lowest BCUT2D eigenvalue weighted by Crippen LogP contribution is -2.23. The maximum absolute atomic E-state index is 13.1. The molecule has 0 amide bonds. The van der Waals surface area contributed by atoms with Crippen LogP contribution in [-0.4, -0.2) is 23.2 Å². The lowest BCUT2D eigenvalue weighted by atomic mass is 10.2. The molecule has 1 aromatic heterocycles. The molecule has 0 aliphatic heterocycles. The first kappa shape index (κ1) is 13.2. The van der Waals surface area contributed by atoms with Gasteiger partial charge in [0.1, 0.15) is 5.82 Å². The van der Waals surface area contributed by atoms with E-state index in [0.717, 1.165) is 5.56 Å². The molecule has 2 rings (SSSR count). The van der Waals surface area contributed by atoms with Crippen molar-refractivity contribution in [1.29, 1.82) is 0 Å². The molecule has 0 aliphatic carbocycles. The van der Waals surface area contributed by atoms with Gasteiger partial charge in [0, 0.05) is 18.0 Å². The first-order valence-corrected chi connectivity index (χ1v) is 6.34. The first-order chi connectivity index (χ1) is 8.60. The molecule has 0 radical (unpaired) electrons. The zero-order chi connectivity index (χ0) is 13.1. The van der Waals surface area contributed by atoms with Crippen molar-refractivity contribution in [1.82, 2.24) is 15.5 Å². The van der Waals surface area contributed by atoms with E-state index in [0.29, 0.717) is 22.6 Å². The number of nitrogens with zero attached hydrogens (tertiary/aromatic N) is 2. The second-order valence-electron chi connectivity index (χ2n) is 4.03. The molecule has 96 valence electrons. The minimum atomic E-state index is -0.314. The standard InChI is InChI=1S/C12H13BrFN3O/c1-7(15-2)5-11-16-12(17-18-11)8-3-4-10(14)9(13)6-8/h3-4,6-7,15H,5H2,1-2H3. The Morgan fingerprint density at radius 3 is 2.94 bits per heavy atom. The quantitative estimate of drug-likeness (QED) is 0.943. The smallest absolute Gasteiger partial charge is 0.228 e. The van der Waals surface area contributed by atoms with Crippen molar-refractivity contribution in [2.24, 2.45) is 0 Å². The Kier molecular flexibility index (Phi) is 4.08. The van der Waals surface area contributed by atoms with Gasteiger partial charge in [-0.2, -0.15) is 4.98 Å². The number of hydrogen-bond donors (Lipinski definition) is 1. The molecule has 0 bridgehead atoms. The first-order valence-electron chi connectivity index (χ1n) is 5.55. The summed E-state index contributed by atoms with van der Waals surface area (Å²) in [4.78, 5) is 4.28. The van der Waals surface area contributed by atoms with E-state index in [2.05, 4.69) is 31.4 Å². The van der Waals surface area contributed by atoms with E-state index >= 15 is 0 Å². The van der Waals surface area contributed by atoms with Gasteiger partial charge in [0.25, 0.3) is 0 Å². The van der Waals surface area contributed by atoms with Crippen LogP contribution in [0.25, 0.3) is 11.4 Å². The van der Waals surface area contributed by atoms with Gasteiger partial charge in [-0.25, -0.2) is 4.39 Å². The van der Waals surface area contributed by atoms with Crippen LogP contribution in [0.3, 0.4) is 0 Å². The fraction of sp³-hybridized carbons (Fsp3) is 0.333. The van der Waals surface area contributed by atoms with E-state index in [4.69, 9.17) is 4.52 Å². The van der Waals surface area contributed by atoms with Gasteiger partial charge in [0.05, 0.1) is 4.47 Å². The second kappa shape index (κ2) is 5.58. The summed E-state index contributed by atoms with van der Waals surface area (Å²) in [5, 5.41) is 6.98. The summed E-state index contributed by atoms with van der Waals surface area (Å²) >= 11 is 3.13. The Morgan fingerprint density at radius 2 is 2.28 bits per heavy atom. The maximum Gasteiger partial charge on any atom is 0.228 e. The normalized spacial score (nSPS) is 12.7. The summed E-state index contributed by atoms with van der Waals surface area (Å²) in [6.07, 6.45) is 0.659. The molecule has 6 heteroatoms. The van der Waals surface area contributed by atoms with Gasteiger partial charge >= 0.3 is 0 Å². The number of nitrogens with one attached hydrogen (secondary N) is 1. The largest absolute Gasteiger partial charge is 0.339 e. The molecule has 1 unspecified atom stereocenters. The van der Waals surface area contributed by atoms with Crippen molar-refractivity contribution in [2.45, 2.75) is 19.4 Å². The van der Waals surface area contributed by atoms with Crippen molar-refractivity contribution in [3.63, 3.8) is 0 Å². The van der Waals surface area contributed by atoms with Crippen LogP contribution in [-0.2, 0) is 6.42 Å². The molecule has 18 heavy (non-hydrogen) atoms. The fourth-order valence-corrected chi connectivity index (χ4v) is 1.83. The Bertz CT molecular complexity index is 544. The molecular formula is C12H13BrFN3O. The van der Waals surface area contributed by atoms with E-state index in [1.165, 1.54) is 6.07 Å². The molecule has 1 atom stereocenters. The van der Waals surface area contributed by atoms with E-state index in [9.17, 15) is 4.39 Å². The molecule has 2 aromatic rings. The molecule has 1 heterocycles. The Morgan fingerprint density at radius 1 is 1.50 bits per heavy atom. The molecule has 0 saturated heterocycles. The lowest BCUT2D eigenvalue weighted by molar-refractivity contribution is 0.365. The Labute approximate surface area is 113 Å². The number of aromatic nitrogens is 2. The SMILES string of the molecule is CNC(C)Cc1nc(-c2ccc(F)c(Br)c2)no1. The summed E-state index contributed by atoms with van der Waals surface area (Å²) < 4.78 is 18.7. The third kappa shape index (κ3) is 2.94. The second-order valence-corrected chi connectivity index (χ2v) is 4.89. The van der Waals surface area contributed by atoms with Gasteiger partial charge in [-0.15, -0.1) is 0 Å². The Hall–Kier alpha value is -1.27. The summed E-state index contributed by atoms with van der Waals surface area (Å²) in [6.45, 7) is 2.03. The summed E-state index contributed by atoms with van der Waals surface area (Å²) in [7, 11) is 1.87. The third-order valence-corrected chi connectivity index (χ3v) is 3.23. The lowest BCUT2D eigenvalue weighted by Gasteiger charge is -2.04. The third-order valence-electron chi connectivity index (χ3n) is 2.62. The number of rotatable bonds is 4. The van der Waals surface area contributed by atoms with Crippen molar-refractivity contribution in [2.75, 3.05) is 7.05 Å². The van der Waals surface area contributed by atoms with Crippen LogP contribution in [0.1, 0.15) is 12.8 Å². The van der Waals surface area contributed by atoms with E-state index in [1.807, 2.05) is 14.0 Å². The zero-order valence-corrected chi connectivity index (χ0v) is 11.7. The number of hydrogen-bond acceptors (Lipinski definition) is 4. The molecule has 0 aliphatic rings. The average Bonchev–Trinajstić information content (AvgIpc) is 2.81. The summed E-state index contributed by atoms with van der Waals surface area (Å²) in [6, 6.07) is 4.88. The zero-order valence-electron chi connectivity index (χ0n) is 10.1. The van der Waals surface area contributed by atoms with Gasteiger partial charge in [-0.05, 0) is 48.1 Å².